The Bertz CT molecular complexity index is 945. The van der Waals surface area contributed by atoms with E-state index in [0.29, 0.717) is 5.56 Å². The average Bonchev–Trinajstić information content (AvgIpc) is 3.14. The van der Waals surface area contributed by atoms with E-state index in [1.54, 1.807) is 19.1 Å². The van der Waals surface area contributed by atoms with Crippen molar-refractivity contribution in [2.45, 2.75) is 52.5 Å². The minimum atomic E-state index is -0.304. The van der Waals surface area contributed by atoms with Crippen molar-refractivity contribution >= 4 is 23.0 Å². The number of hydrogen-bond donors (Lipinski definition) is 0. The zero-order valence-corrected chi connectivity index (χ0v) is 19.3. The predicted molar refractivity (Wildman–Crippen MR) is 122 cm³/mol. The van der Waals surface area contributed by atoms with E-state index in [9.17, 15) is 14.0 Å². The zero-order valence-electron chi connectivity index (χ0n) is 18.5. The third kappa shape index (κ3) is 4.90. The Labute approximate surface area is 188 Å². The molecule has 1 aromatic carbocycles. The molecule has 31 heavy (non-hydrogen) atoms. The Hall–Kier alpha value is -2.05. The van der Waals surface area contributed by atoms with Crippen molar-refractivity contribution in [1.29, 1.82) is 0 Å². The van der Waals surface area contributed by atoms with Crippen LogP contribution < -0.4 is 0 Å². The summed E-state index contributed by atoms with van der Waals surface area (Å²) in [5, 5.41) is 0. The van der Waals surface area contributed by atoms with E-state index in [-0.39, 0.29) is 23.4 Å². The summed E-state index contributed by atoms with van der Waals surface area (Å²) in [6, 6.07) is 5.93. The number of carbonyl (C=O) groups excluding carboxylic acids is 2. The van der Waals surface area contributed by atoms with Crippen molar-refractivity contribution in [2.75, 3.05) is 26.2 Å². The van der Waals surface area contributed by atoms with Crippen molar-refractivity contribution in [3.8, 4) is 0 Å². The number of rotatable bonds is 6. The van der Waals surface area contributed by atoms with Gasteiger partial charge in [-0.05, 0) is 80.6 Å². The third-order valence-electron chi connectivity index (χ3n) is 6.78. The predicted octanol–water partition coefficient (Wildman–Crippen LogP) is 4.49. The molecule has 4 nitrogen and oxygen atoms in total. The highest BCUT2D eigenvalue weighted by Crippen LogP contribution is 2.34. The van der Waals surface area contributed by atoms with Crippen LogP contribution in [0.5, 0.6) is 0 Å². The van der Waals surface area contributed by atoms with Gasteiger partial charge in [0.1, 0.15) is 5.82 Å². The number of piperidine rings is 1. The van der Waals surface area contributed by atoms with Crippen molar-refractivity contribution < 1.29 is 14.0 Å². The van der Waals surface area contributed by atoms with Crippen LogP contribution >= 0.6 is 11.3 Å². The Balaban J connectivity index is 1.32. The van der Waals surface area contributed by atoms with Gasteiger partial charge in [-0.1, -0.05) is 6.92 Å². The number of carbonyl (C=O) groups is 2. The highest BCUT2D eigenvalue weighted by atomic mass is 32.1. The fourth-order valence-electron chi connectivity index (χ4n) is 4.91. The van der Waals surface area contributed by atoms with Crippen LogP contribution in [0, 0.1) is 11.7 Å². The molecule has 166 valence electrons. The first-order chi connectivity index (χ1) is 15.0. The number of ketones is 1. The summed E-state index contributed by atoms with van der Waals surface area (Å²) >= 11 is 1.94. The molecule has 0 saturated carbocycles. The van der Waals surface area contributed by atoms with Crippen LogP contribution in [-0.4, -0.2) is 47.7 Å². The minimum Gasteiger partial charge on any atom is -0.338 e. The summed E-state index contributed by atoms with van der Waals surface area (Å²) in [4.78, 5) is 31.9. The molecule has 0 aliphatic carbocycles. The van der Waals surface area contributed by atoms with Gasteiger partial charge in [-0.25, -0.2) is 4.39 Å². The lowest BCUT2D eigenvalue weighted by molar-refractivity contribution is -0.129. The quantitative estimate of drug-likeness (QED) is 0.619. The van der Waals surface area contributed by atoms with Gasteiger partial charge in [0.15, 0.2) is 5.78 Å². The Morgan fingerprint density at radius 2 is 1.84 bits per heavy atom. The number of thiophene rings is 1. The van der Waals surface area contributed by atoms with Gasteiger partial charge in [0.05, 0.1) is 0 Å². The molecule has 0 spiro atoms. The first-order valence-electron chi connectivity index (χ1n) is 11.4. The minimum absolute atomic E-state index is 0.0412. The monoisotopic (exact) mass is 442 g/mol. The summed E-state index contributed by atoms with van der Waals surface area (Å²) in [5.74, 6) is 0.0500. The molecule has 2 aliphatic heterocycles. The van der Waals surface area contributed by atoms with E-state index in [0.717, 1.165) is 64.8 Å². The lowest BCUT2D eigenvalue weighted by atomic mass is 9.89. The lowest BCUT2D eigenvalue weighted by Crippen LogP contribution is -2.37. The average molecular weight is 443 g/mol. The Kier molecular flexibility index (Phi) is 6.87. The van der Waals surface area contributed by atoms with Gasteiger partial charge in [0.2, 0.25) is 5.91 Å². The maximum atomic E-state index is 13.1. The third-order valence-corrected chi connectivity index (χ3v) is 8.18. The first-order valence-corrected chi connectivity index (χ1v) is 12.2. The SMILES string of the molecule is CCc1c(CCN2CCC(C(=O)c3ccc(F)cc3)CC2)sc2c1CN(C(C)=O)CC2. The van der Waals surface area contributed by atoms with Gasteiger partial charge < -0.3 is 9.80 Å². The van der Waals surface area contributed by atoms with Crippen molar-refractivity contribution in [1.82, 2.24) is 9.80 Å². The normalized spacial score (nSPS) is 17.6. The second-order valence-electron chi connectivity index (χ2n) is 8.69. The summed E-state index contributed by atoms with van der Waals surface area (Å²) in [5.41, 5.74) is 3.47. The van der Waals surface area contributed by atoms with Crippen molar-refractivity contribution in [3.05, 3.63) is 56.5 Å². The van der Waals surface area contributed by atoms with Crippen LogP contribution in [0.25, 0.3) is 0 Å². The molecule has 4 rings (SSSR count). The molecule has 1 amide bonds. The molecular weight excluding hydrogens is 411 g/mol. The Morgan fingerprint density at radius 1 is 1.13 bits per heavy atom. The van der Waals surface area contributed by atoms with Crippen LogP contribution in [-0.2, 0) is 30.6 Å². The highest BCUT2D eigenvalue weighted by molar-refractivity contribution is 7.12. The van der Waals surface area contributed by atoms with Gasteiger partial charge in [-0.15, -0.1) is 11.3 Å². The topological polar surface area (TPSA) is 40.6 Å². The van der Waals surface area contributed by atoms with Crippen LogP contribution in [0.1, 0.15) is 57.9 Å². The van der Waals surface area contributed by atoms with Gasteiger partial charge >= 0.3 is 0 Å². The van der Waals surface area contributed by atoms with Gasteiger partial charge in [0, 0.05) is 47.8 Å². The molecule has 2 aliphatic rings. The van der Waals surface area contributed by atoms with E-state index in [2.05, 4.69) is 11.8 Å². The standard InChI is InChI=1S/C25H31FN2O2S/c1-3-21-22-16-28(17(2)29)15-11-24(22)31-23(21)10-14-27-12-8-19(9-13-27)25(30)18-4-6-20(26)7-5-18/h4-7,19H,3,8-16H2,1-2H3. The van der Waals surface area contributed by atoms with E-state index in [4.69, 9.17) is 0 Å². The molecule has 0 radical (unpaired) electrons. The second kappa shape index (κ2) is 9.61. The first kappa shape index (κ1) is 22.2. The number of Topliss-reactive ketones (excluding diaryl/α,β-unsaturated/α-hetero) is 1. The van der Waals surface area contributed by atoms with E-state index < -0.39 is 0 Å². The van der Waals surface area contributed by atoms with Gasteiger partial charge in [0.25, 0.3) is 0 Å². The Morgan fingerprint density at radius 3 is 2.48 bits per heavy atom. The van der Waals surface area contributed by atoms with Crippen molar-refractivity contribution in [2.24, 2.45) is 5.92 Å². The number of halogens is 1. The number of likely N-dealkylation sites (tertiary alicyclic amines) is 1. The summed E-state index contributed by atoms with van der Waals surface area (Å²) in [6.45, 7) is 8.35. The molecule has 6 heteroatoms. The fourth-order valence-corrected chi connectivity index (χ4v) is 6.30. The van der Waals surface area contributed by atoms with Crippen LogP contribution in [0.15, 0.2) is 24.3 Å². The zero-order chi connectivity index (χ0) is 22.0. The summed E-state index contributed by atoms with van der Waals surface area (Å²) in [6.07, 6.45) is 4.76. The van der Waals surface area contributed by atoms with E-state index >= 15 is 0 Å². The number of fused-ring (bicyclic) bond motifs is 1. The maximum Gasteiger partial charge on any atom is 0.219 e. The molecule has 2 aromatic rings. The summed E-state index contributed by atoms with van der Waals surface area (Å²) in [7, 11) is 0. The number of nitrogens with zero attached hydrogens (tertiary/aromatic N) is 2. The maximum absolute atomic E-state index is 13.1. The molecule has 3 heterocycles. The molecule has 1 fully saturated rings. The number of benzene rings is 1. The fraction of sp³-hybridized carbons (Fsp3) is 0.520. The lowest BCUT2D eigenvalue weighted by Gasteiger charge is -2.31. The number of amides is 1. The largest absolute Gasteiger partial charge is 0.338 e. The smallest absolute Gasteiger partial charge is 0.219 e. The van der Waals surface area contributed by atoms with Crippen LogP contribution in [0.2, 0.25) is 0 Å². The molecule has 0 bridgehead atoms. The molecular formula is C25H31FN2O2S. The highest BCUT2D eigenvalue weighted by Gasteiger charge is 2.27. The van der Waals surface area contributed by atoms with Crippen LogP contribution in [0.3, 0.4) is 0 Å². The molecule has 1 aromatic heterocycles. The summed E-state index contributed by atoms with van der Waals surface area (Å²) < 4.78 is 13.1. The van der Waals surface area contributed by atoms with E-state index in [1.807, 2.05) is 16.2 Å². The van der Waals surface area contributed by atoms with Crippen LogP contribution in [0.4, 0.5) is 4.39 Å². The molecule has 0 N–H and O–H groups in total. The molecule has 0 atom stereocenters. The van der Waals surface area contributed by atoms with Crippen molar-refractivity contribution in [3.63, 3.8) is 0 Å². The molecule has 1 saturated heterocycles. The molecule has 0 unspecified atom stereocenters. The van der Waals surface area contributed by atoms with E-state index in [1.165, 1.54) is 33.0 Å². The number of hydrogen-bond acceptors (Lipinski definition) is 4. The second-order valence-corrected chi connectivity index (χ2v) is 9.88. The van der Waals surface area contributed by atoms with Gasteiger partial charge in [-0.3, -0.25) is 9.59 Å². The van der Waals surface area contributed by atoms with Gasteiger partial charge in [-0.2, -0.15) is 0 Å².